The highest BCUT2D eigenvalue weighted by Gasteiger charge is 2.13. The van der Waals surface area contributed by atoms with Gasteiger partial charge in [-0.3, -0.25) is 10.1 Å². The Bertz CT molecular complexity index is 1660. The third-order valence-electron chi connectivity index (χ3n) is 5.17. The van der Waals surface area contributed by atoms with Gasteiger partial charge >= 0.3 is 0 Å². The van der Waals surface area contributed by atoms with Crippen molar-refractivity contribution in [2.24, 2.45) is 0 Å². The van der Waals surface area contributed by atoms with Gasteiger partial charge in [-0.25, -0.2) is 4.98 Å². The molecule has 2 N–H and O–H groups in total. The van der Waals surface area contributed by atoms with Crippen LogP contribution in [0.3, 0.4) is 0 Å². The summed E-state index contributed by atoms with van der Waals surface area (Å²) in [4.78, 5) is 16.8. The molecule has 1 amide bonds. The molecule has 0 bridgehead atoms. The summed E-state index contributed by atoms with van der Waals surface area (Å²) in [6.07, 6.45) is 2.89. The molecule has 6 nitrogen and oxygen atoms in total. The first-order valence-electron chi connectivity index (χ1n) is 10.9. The summed E-state index contributed by atoms with van der Waals surface area (Å²) >= 11 is 23.5. The molecule has 37 heavy (non-hydrogen) atoms. The first-order valence-corrected chi connectivity index (χ1v) is 12.4. The lowest BCUT2D eigenvalue weighted by Gasteiger charge is -2.08. The standard InChI is InChI=1S/C27H16Cl3N3O3S/c28-17-6-4-15(5-7-17)23-10-8-20(35-23)9-11-24(34)33-27(37)31-19-3-1-2-16(12-19)26-32-22-14-18(29)13-21(30)25(22)36-26/h1-14H,(H2,31,33,34,37). The Kier molecular flexibility index (Phi) is 7.30. The molecule has 0 saturated carbocycles. The van der Waals surface area contributed by atoms with Crippen molar-refractivity contribution in [3.63, 3.8) is 0 Å². The van der Waals surface area contributed by atoms with Gasteiger partial charge < -0.3 is 14.2 Å². The molecule has 10 heteroatoms. The number of halogens is 3. The normalized spacial score (nSPS) is 11.2. The van der Waals surface area contributed by atoms with E-state index in [1.165, 1.54) is 6.08 Å². The molecule has 0 aliphatic heterocycles. The second-order valence-electron chi connectivity index (χ2n) is 7.82. The van der Waals surface area contributed by atoms with Crippen molar-refractivity contribution in [1.29, 1.82) is 0 Å². The van der Waals surface area contributed by atoms with Crippen LogP contribution in [0.5, 0.6) is 0 Å². The molecular formula is C27H16Cl3N3O3S. The van der Waals surface area contributed by atoms with Gasteiger partial charge in [-0.1, -0.05) is 40.9 Å². The number of aromatic nitrogens is 1. The fourth-order valence-corrected chi connectivity index (χ4v) is 4.36. The van der Waals surface area contributed by atoms with Crippen LogP contribution in [0.25, 0.3) is 40.0 Å². The molecule has 184 valence electrons. The zero-order valence-electron chi connectivity index (χ0n) is 18.8. The predicted molar refractivity (Wildman–Crippen MR) is 152 cm³/mol. The van der Waals surface area contributed by atoms with Gasteiger partial charge in [-0.15, -0.1) is 0 Å². The molecule has 5 rings (SSSR count). The number of thiocarbonyl (C=S) groups is 1. The van der Waals surface area contributed by atoms with Crippen LogP contribution in [-0.4, -0.2) is 16.0 Å². The number of nitrogens with one attached hydrogen (secondary N) is 2. The lowest BCUT2D eigenvalue weighted by molar-refractivity contribution is -0.115. The predicted octanol–water partition coefficient (Wildman–Crippen LogP) is 8.24. The number of furan rings is 1. The van der Waals surface area contributed by atoms with E-state index in [0.717, 1.165) is 5.56 Å². The second-order valence-corrected chi connectivity index (χ2v) is 9.51. The minimum Gasteiger partial charge on any atom is -0.457 e. The monoisotopic (exact) mass is 567 g/mol. The largest absolute Gasteiger partial charge is 0.457 e. The first kappa shape index (κ1) is 25.0. The fraction of sp³-hybridized carbons (Fsp3) is 0. The summed E-state index contributed by atoms with van der Waals surface area (Å²) in [7, 11) is 0. The maximum Gasteiger partial charge on any atom is 0.250 e. The quantitative estimate of drug-likeness (QED) is 0.164. The molecule has 0 radical (unpaired) electrons. The Morgan fingerprint density at radius 1 is 0.892 bits per heavy atom. The first-order chi connectivity index (χ1) is 17.8. The van der Waals surface area contributed by atoms with E-state index in [2.05, 4.69) is 15.6 Å². The number of carbonyl (C=O) groups excluding carboxylic acids is 1. The Morgan fingerprint density at radius 2 is 1.70 bits per heavy atom. The lowest BCUT2D eigenvalue weighted by atomic mass is 10.2. The molecule has 0 spiro atoms. The molecular weight excluding hydrogens is 553 g/mol. The number of benzene rings is 3. The molecule has 2 aromatic heterocycles. The van der Waals surface area contributed by atoms with E-state index in [-0.39, 0.29) is 5.11 Å². The number of amides is 1. The number of rotatable bonds is 5. The van der Waals surface area contributed by atoms with Gasteiger partial charge in [0.25, 0.3) is 0 Å². The highest BCUT2D eigenvalue weighted by Crippen LogP contribution is 2.32. The summed E-state index contributed by atoms with van der Waals surface area (Å²) in [5.41, 5.74) is 3.21. The van der Waals surface area contributed by atoms with Crippen molar-refractivity contribution < 1.29 is 13.6 Å². The van der Waals surface area contributed by atoms with E-state index in [9.17, 15) is 4.79 Å². The molecule has 5 aromatic rings. The number of oxazole rings is 1. The highest BCUT2D eigenvalue weighted by molar-refractivity contribution is 7.80. The zero-order chi connectivity index (χ0) is 25.9. The van der Waals surface area contributed by atoms with E-state index < -0.39 is 5.91 Å². The Balaban J connectivity index is 1.21. The van der Waals surface area contributed by atoms with Crippen LogP contribution in [-0.2, 0) is 4.79 Å². The number of hydrogen-bond acceptors (Lipinski definition) is 5. The van der Waals surface area contributed by atoms with E-state index in [4.69, 9.17) is 55.9 Å². The third kappa shape index (κ3) is 6.03. The SMILES string of the molecule is O=C(C=Cc1ccc(-c2ccc(Cl)cc2)o1)NC(=S)Nc1cccc(-c2nc3cc(Cl)cc(Cl)c3o2)c1. The van der Waals surface area contributed by atoms with Gasteiger partial charge in [0.1, 0.15) is 17.0 Å². The van der Waals surface area contributed by atoms with E-state index in [0.29, 0.717) is 54.8 Å². The van der Waals surface area contributed by atoms with Gasteiger partial charge in [0.15, 0.2) is 10.7 Å². The molecule has 0 fully saturated rings. The van der Waals surface area contributed by atoms with E-state index in [1.807, 2.05) is 24.3 Å². The number of carbonyl (C=O) groups is 1. The van der Waals surface area contributed by atoms with E-state index in [1.54, 1.807) is 54.6 Å². The topological polar surface area (TPSA) is 80.3 Å². The second kappa shape index (κ2) is 10.8. The zero-order valence-corrected chi connectivity index (χ0v) is 21.9. The van der Waals surface area contributed by atoms with Gasteiger partial charge in [0.05, 0.1) is 5.02 Å². The van der Waals surface area contributed by atoms with Crippen molar-refractivity contribution in [2.75, 3.05) is 5.32 Å². The van der Waals surface area contributed by atoms with Crippen molar-refractivity contribution >= 4 is 80.9 Å². The van der Waals surface area contributed by atoms with Gasteiger partial charge in [-0.05, 0) is 85.0 Å². The summed E-state index contributed by atoms with van der Waals surface area (Å²) in [6, 6.07) is 21.4. The molecule has 3 aromatic carbocycles. The van der Waals surface area contributed by atoms with Crippen molar-refractivity contribution in [3.05, 3.63) is 99.7 Å². The minimum atomic E-state index is -0.413. The average molecular weight is 569 g/mol. The van der Waals surface area contributed by atoms with Crippen LogP contribution in [0, 0.1) is 0 Å². The molecule has 0 unspecified atom stereocenters. The molecule has 0 aliphatic rings. The summed E-state index contributed by atoms with van der Waals surface area (Å²) in [6.45, 7) is 0. The Morgan fingerprint density at radius 3 is 2.51 bits per heavy atom. The summed E-state index contributed by atoms with van der Waals surface area (Å²) in [5.74, 6) is 1.14. The van der Waals surface area contributed by atoms with E-state index >= 15 is 0 Å². The summed E-state index contributed by atoms with van der Waals surface area (Å²) in [5, 5.41) is 7.20. The van der Waals surface area contributed by atoms with Crippen LogP contribution in [0.4, 0.5) is 5.69 Å². The van der Waals surface area contributed by atoms with Gasteiger partial charge in [0, 0.05) is 32.9 Å². The van der Waals surface area contributed by atoms with Crippen molar-refractivity contribution in [2.45, 2.75) is 0 Å². The van der Waals surface area contributed by atoms with Crippen LogP contribution in [0.1, 0.15) is 5.76 Å². The third-order valence-corrected chi connectivity index (χ3v) is 6.12. The smallest absolute Gasteiger partial charge is 0.250 e. The molecule has 2 heterocycles. The lowest BCUT2D eigenvalue weighted by Crippen LogP contribution is -2.32. The number of anilines is 1. The van der Waals surface area contributed by atoms with Crippen LogP contribution in [0.15, 0.2) is 87.7 Å². The maximum atomic E-state index is 12.3. The van der Waals surface area contributed by atoms with Crippen LogP contribution < -0.4 is 10.6 Å². The number of fused-ring (bicyclic) bond motifs is 1. The number of nitrogens with zero attached hydrogens (tertiary/aromatic N) is 1. The highest BCUT2D eigenvalue weighted by atomic mass is 35.5. The van der Waals surface area contributed by atoms with Gasteiger partial charge in [-0.2, -0.15) is 0 Å². The van der Waals surface area contributed by atoms with Crippen molar-refractivity contribution in [3.8, 4) is 22.8 Å². The average Bonchev–Trinajstić information content (AvgIpc) is 3.51. The maximum absolute atomic E-state index is 12.3. The molecule has 0 atom stereocenters. The Hall–Kier alpha value is -3.62. The van der Waals surface area contributed by atoms with Gasteiger partial charge in [0.2, 0.25) is 11.8 Å². The summed E-state index contributed by atoms with van der Waals surface area (Å²) < 4.78 is 11.6. The van der Waals surface area contributed by atoms with Crippen molar-refractivity contribution in [1.82, 2.24) is 10.3 Å². The molecule has 0 aliphatic carbocycles. The number of hydrogen-bond donors (Lipinski definition) is 2. The minimum absolute atomic E-state index is 0.125. The van der Waals surface area contributed by atoms with Crippen LogP contribution in [0.2, 0.25) is 15.1 Å². The fourth-order valence-electron chi connectivity index (χ4n) is 3.50. The van der Waals surface area contributed by atoms with Crippen LogP contribution >= 0.6 is 47.0 Å². The Labute approximate surface area is 231 Å². The molecule has 0 saturated heterocycles.